The topological polar surface area (TPSA) is 136 Å². The zero-order valence-corrected chi connectivity index (χ0v) is 17.9. The number of H-pyrrole nitrogens is 1. The molecule has 9 heteroatoms. The zero-order valence-electron chi connectivity index (χ0n) is 17.1. The van der Waals surface area contributed by atoms with Gasteiger partial charge in [0.05, 0.1) is 46.4 Å². The Hall–Kier alpha value is -3.04. The van der Waals surface area contributed by atoms with Crippen LogP contribution in [0.1, 0.15) is 52.9 Å². The van der Waals surface area contributed by atoms with Crippen LogP contribution in [0.5, 0.6) is 0 Å². The molecule has 1 aromatic heterocycles. The number of aromatic amines is 1. The van der Waals surface area contributed by atoms with Crippen LogP contribution in [0.3, 0.4) is 0 Å². The molecule has 2 rings (SSSR count). The van der Waals surface area contributed by atoms with Crippen LogP contribution in [0.25, 0.3) is 0 Å². The van der Waals surface area contributed by atoms with Crippen molar-refractivity contribution in [1.82, 2.24) is 10.3 Å². The number of carbonyl (C=O) groups excluding carboxylic acids is 3. The summed E-state index contributed by atoms with van der Waals surface area (Å²) >= 11 is 1.04. The molecular weight excluding hydrogens is 392 g/mol. The number of thioether (sulfide) groups is 1. The van der Waals surface area contributed by atoms with Gasteiger partial charge in [0.1, 0.15) is 5.92 Å². The average Bonchev–Trinajstić information content (AvgIpc) is 2.94. The van der Waals surface area contributed by atoms with Crippen LogP contribution in [-0.4, -0.2) is 35.0 Å². The maximum atomic E-state index is 13.0. The molecule has 0 radical (unpaired) electrons. The predicted molar refractivity (Wildman–Crippen MR) is 107 cm³/mol. The molecule has 0 saturated carbocycles. The number of esters is 1. The monoisotopic (exact) mass is 414 g/mol. The number of hydrogen-bond acceptors (Lipinski definition) is 7. The maximum absolute atomic E-state index is 13.0. The number of allylic oxidation sites excluding steroid dienone is 1. The van der Waals surface area contributed by atoms with Crippen LogP contribution in [0, 0.1) is 47.8 Å². The SMILES string of the molecule is COC(=O)c1c(C)[nH]c(C(=O)[C@@H](C)SC2=C(C#N)C(C)(C)[C@@H](C#N)C(=O)N2)c1C. The second kappa shape index (κ2) is 8.14. The summed E-state index contributed by atoms with van der Waals surface area (Å²) in [5, 5.41) is 21.1. The van der Waals surface area contributed by atoms with Gasteiger partial charge >= 0.3 is 5.97 Å². The van der Waals surface area contributed by atoms with Gasteiger partial charge in [0, 0.05) is 11.1 Å². The third-order valence-electron chi connectivity index (χ3n) is 5.07. The highest BCUT2D eigenvalue weighted by Gasteiger charge is 2.45. The van der Waals surface area contributed by atoms with Crippen LogP contribution < -0.4 is 5.32 Å². The molecule has 2 N–H and O–H groups in total. The van der Waals surface area contributed by atoms with E-state index < -0.39 is 28.5 Å². The number of nitriles is 2. The van der Waals surface area contributed by atoms with E-state index in [1.165, 1.54) is 7.11 Å². The summed E-state index contributed by atoms with van der Waals surface area (Å²) < 4.78 is 4.76. The summed E-state index contributed by atoms with van der Waals surface area (Å²) in [7, 11) is 1.27. The van der Waals surface area contributed by atoms with Crippen molar-refractivity contribution < 1.29 is 19.1 Å². The second-order valence-corrected chi connectivity index (χ2v) is 8.68. The molecule has 1 aliphatic heterocycles. The van der Waals surface area contributed by atoms with Crippen molar-refractivity contribution in [3.63, 3.8) is 0 Å². The summed E-state index contributed by atoms with van der Waals surface area (Å²) in [5.74, 6) is -2.32. The van der Waals surface area contributed by atoms with E-state index in [1.807, 2.05) is 6.07 Å². The summed E-state index contributed by atoms with van der Waals surface area (Å²) in [6.45, 7) is 8.30. The van der Waals surface area contributed by atoms with Gasteiger partial charge in [0.25, 0.3) is 0 Å². The molecule has 0 fully saturated rings. The molecule has 1 aromatic rings. The number of hydrogen-bond donors (Lipinski definition) is 2. The molecule has 0 aromatic carbocycles. The number of aryl methyl sites for hydroxylation is 1. The van der Waals surface area contributed by atoms with Crippen LogP contribution in [0.15, 0.2) is 10.6 Å². The number of ketones is 1. The lowest BCUT2D eigenvalue weighted by atomic mass is 9.72. The van der Waals surface area contributed by atoms with E-state index in [1.54, 1.807) is 34.6 Å². The Labute approximate surface area is 173 Å². The average molecular weight is 414 g/mol. The van der Waals surface area contributed by atoms with Crippen LogP contribution in [0.4, 0.5) is 0 Å². The number of methoxy groups -OCH3 is 1. The predicted octanol–water partition coefficient (Wildman–Crippen LogP) is 2.75. The van der Waals surface area contributed by atoms with Gasteiger partial charge in [-0.2, -0.15) is 10.5 Å². The normalized spacial score (nSPS) is 19.0. The van der Waals surface area contributed by atoms with E-state index >= 15 is 0 Å². The number of Topliss-reactive ketones (excluding diaryl/α,β-unsaturated/α-hetero) is 1. The Morgan fingerprint density at radius 2 is 1.90 bits per heavy atom. The zero-order chi connectivity index (χ0) is 22.1. The first-order valence-electron chi connectivity index (χ1n) is 8.84. The van der Waals surface area contributed by atoms with Gasteiger partial charge < -0.3 is 15.0 Å². The number of ether oxygens (including phenoxy) is 1. The molecule has 0 bridgehead atoms. The van der Waals surface area contributed by atoms with Gasteiger partial charge in [0.2, 0.25) is 5.91 Å². The second-order valence-electron chi connectivity index (χ2n) is 7.33. The summed E-state index contributed by atoms with van der Waals surface area (Å²) in [6.07, 6.45) is 0. The van der Waals surface area contributed by atoms with Crippen LogP contribution in [-0.2, 0) is 9.53 Å². The van der Waals surface area contributed by atoms with Gasteiger partial charge in [0.15, 0.2) is 5.78 Å². The van der Waals surface area contributed by atoms with Crippen molar-refractivity contribution in [1.29, 1.82) is 10.5 Å². The van der Waals surface area contributed by atoms with E-state index in [4.69, 9.17) is 4.74 Å². The first kappa shape index (κ1) is 22.3. The van der Waals surface area contributed by atoms with E-state index in [-0.39, 0.29) is 22.1 Å². The molecule has 0 saturated heterocycles. The summed E-state index contributed by atoms with van der Waals surface area (Å²) in [6, 6.07) is 4.01. The standard InChI is InChI=1S/C20H22N4O4S/c1-9-14(19(27)28-6)10(2)23-15(9)16(25)11(3)29-18-13(8-22)20(4,5)12(7-21)17(26)24-18/h11-12,23H,1-6H3,(H,24,26)/t11-,12+/m1/s1. The highest BCUT2D eigenvalue weighted by Crippen LogP contribution is 2.43. The van der Waals surface area contributed by atoms with Crippen molar-refractivity contribution >= 4 is 29.4 Å². The van der Waals surface area contributed by atoms with E-state index in [0.717, 1.165) is 11.8 Å². The third kappa shape index (κ3) is 3.79. The number of carbonyl (C=O) groups is 3. The number of nitrogens with one attached hydrogen (secondary N) is 2. The highest BCUT2D eigenvalue weighted by molar-refractivity contribution is 8.04. The largest absolute Gasteiger partial charge is 0.465 e. The molecule has 0 aliphatic carbocycles. The minimum Gasteiger partial charge on any atom is -0.465 e. The Morgan fingerprint density at radius 1 is 1.28 bits per heavy atom. The fourth-order valence-electron chi connectivity index (χ4n) is 3.35. The van der Waals surface area contributed by atoms with Gasteiger partial charge in [-0.25, -0.2) is 4.79 Å². The molecule has 2 atom stereocenters. The molecule has 29 heavy (non-hydrogen) atoms. The van der Waals surface area contributed by atoms with Gasteiger partial charge in [-0.3, -0.25) is 9.59 Å². The Bertz CT molecular complexity index is 1010. The lowest BCUT2D eigenvalue weighted by Gasteiger charge is -2.35. The Balaban J connectivity index is 2.39. The maximum Gasteiger partial charge on any atom is 0.339 e. The van der Waals surface area contributed by atoms with Gasteiger partial charge in [-0.1, -0.05) is 25.6 Å². The fraction of sp³-hybridized carbons (Fsp3) is 0.450. The minimum atomic E-state index is -0.997. The number of aromatic nitrogens is 1. The molecule has 8 nitrogen and oxygen atoms in total. The van der Waals surface area contributed by atoms with Crippen molar-refractivity contribution in [2.75, 3.05) is 7.11 Å². The van der Waals surface area contributed by atoms with Crippen molar-refractivity contribution in [3.8, 4) is 12.1 Å². The first-order valence-corrected chi connectivity index (χ1v) is 9.72. The van der Waals surface area contributed by atoms with Crippen molar-refractivity contribution in [2.45, 2.75) is 39.9 Å². The molecule has 2 heterocycles. The highest BCUT2D eigenvalue weighted by atomic mass is 32.2. The molecule has 1 amide bonds. The number of nitrogens with zero attached hydrogens (tertiary/aromatic N) is 2. The summed E-state index contributed by atoms with van der Waals surface area (Å²) in [5.41, 5.74) is 0.873. The number of amides is 1. The smallest absolute Gasteiger partial charge is 0.339 e. The Kier molecular flexibility index (Phi) is 6.24. The lowest BCUT2D eigenvalue weighted by molar-refractivity contribution is -0.125. The van der Waals surface area contributed by atoms with Crippen molar-refractivity contribution in [3.05, 3.63) is 33.1 Å². The van der Waals surface area contributed by atoms with Crippen LogP contribution in [0.2, 0.25) is 0 Å². The van der Waals surface area contributed by atoms with Gasteiger partial charge in [-0.05, 0) is 26.3 Å². The van der Waals surface area contributed by atoms with E-state index in [0.29, 0.717) is 16.8 Å². The molecule has 152 valence electrons. The quantitative estimate of drug-likeness (QED) is 0.558. The molecular formula is C20H22N4O4S. The molecule has 0 unspecified atom stereocenters. The number of rotatable bonds is 5. The van der Waals surface area contributed by atoms with E-state index in [2.05, 4.69) is 16.4 Å². The van der Waals surface area contributed by atoms with E-state index in [9.17, 15) is 24.9 Å². The molecule has 1 aliphatic rings. The first-order chi connectivity index (χ1) is 13.5. The molecule has 0 spiro atoms. The van der Waals surface area contributed by atoms with Crippen LogP contribution >= 0.6 is 11.8 Å². The Morgan fingerprint density at radius 3 is 2.41 bits per heavy atom. The van der Waals surface area contributed by atoms with Crippen molar-refractivity contribution in [2.24, 2.45) is 11.3 Å². The minimum absolute atomic E-state index is 0.253. The lowest BCUT2D eigenvalue weighted by Crippen LogP contribution is -2.45. The fourth-order valence-corrected chi connectivity index (χ4v) is 4.52. The summed E-state index contributed by atoms with van der Waals surface area (Å²) in [4.78, 5) is 40.2. The third-order valence-corrected chi connectivity index (χ3v) is 6.18. The van der Waals surface area contributed by atoms with Gasteiger partial charge in [-0.15, -0.1) is 0 Å².